The van der Waals surface area contributed by atoms with Gasteiger partial charge in [0.2, 0.25) is 0 Å². The molecule has 2 aliphatic rings. The maximum atomic E-state index is 15.9. The summed E-state index contributed by atoms with van der Waals surface area (Å²) in [5.74, 6) is -3.99. The number of nitrogens with one attached hydrogen (secondary N) is 1. The Bertz CT molecular complexity index is 1350. The monoisotopic (exact) mass is 585 g/mol. The number of unbranched alkanes of at least 4 members (excludes halogenated alkanes) is 1. The van der Waals surface area contributed by atoms with E-state index in [4.69, 9.17) is 0 Å². The zero-order valence-corrected chi connectivity index (χ0v) is 25.9. The van der Waals surface area contributed by atoms with Gasteiger partial charge in [0.05, 0.1) is 12.6 Å². The molecule has 0 radical (unpaired) electrons. The molecule has 0 spiro atoms. The topological polar surface area (TPSA) is 22.3 Å². The highest BCUT2D eigenvalue weighted by molar-refractivity contribution is 5.88. The molecular weight excluding hydrogens is 538 g/mol. The number of rotatable bonds is 10. The molecule has 2 atom stereocenters. The van der Waals surface area contributed by atoms with Gasteiger partial charge in [-0.2, -0.15) is 0 Å². The SMILES string of the molecule is C=C(CC)c1ccc2c3c([nH]c2c1)C(c1c(F)cc(CC2CCN(CCCC)C2)cc1F)N(CC(C)(F)F)CC3.CC. The first-order chi connectivity index (χ1) is 20.1. The number of H-pyrrole nitrogens is 1. The first-order valence-corrected chi connectivity index (χ1v) is 15.7. The van der Waals surface area contributed by atoms with Crippen LogP contribution in [-0.4, -0.2) is 53.4 Å². The van der Waals surface area contributed by atoms with E-state index in [-0.39, 0.29) is 12.1 Å². The molecule has 3 heterocycles. The highest BCUT2D eigenvalue weighted by Crippen LogP contribution is 2.42. The lowest BCUT2D eigenvalue weighted by Gasteiger charge is -2.37. The van der Waals surface area contributed by atoms with Gasteiger partial charge in [-0.1, -0.05) is 52.8 Å². The largest absolute Gasteiger partial charge is 0.357 e. The van der Waals surface area contributed by atoms with E-state index in [1.165, 1.54) is 17.0 Å². The summed E-state index contributed by atoms with van der Waals surface area (Å²) in [6.07, 6.45) is 5.25. The number of aromatic amines is 1. The molecule has 1 saturated heterocycles. The molecule has 1 aromatic heterocycles. The van der Waals surface area contributed by atoms with Crippen molar-refractivity contribution in [2.45, 2.75) is 85.1 Å². The summed E-state index contributed by atoms with van der Waals surface area (Å²) in [5, 5.41) is 0.960. The second-order valence-corrected chi connectivity index (χ2v) is 11.9. The number of alkyl halides is 2. The van der Waals surface area contributed by atoms with E-state index in [1.54, 1.807) is 0 Å². The average molecular weight is 586 g/mol. The van der Waals surface area contributed by atoms with Crippen molar-refractivity contribution in [2.24, 2.45) is 5.92 Å². The van der Waals surface area contributed by atoms with Gasteiger partial charge in [0.25, 0.3) is 5.92 Å². The Morgan fingerprint density at radius 3 is 2.43 bits per heavy atom. The molecule has 1 N–H and O–H groups in total. The van der Waals surface area contributed by atoms with Crippen LogP contribution in [0.1, 0.15) is 94.3 Å². The van der Waals surface area contributed by atoms with E-state index in [1.807, 2.05) is 39.0 Å². The Morgan fingerprint density at radius 1 is 1.07 bits per heavy atom. The van der Waals surface area contributed by atoms with E-state index in [2.05, 4.69) is 23.4 Å². The molecule has 2 unspecified atom stereocenters. The van der Waals surface area contributed by atoms with Gasteiger partial charge in [-0.25, -0.2) is 17.6 Å². The quantitative estimate of drug-likeness (QED) is 0.240. The number of nitrogens with zero attached hydrogens (tertiary/aromatic N) is 2. The normalized spacial score (nSPS) is 19.5. The number of hydrogen-bond acceptors (Lipinski definition) is 2. The fraction of sp³-hybridized carbons (Fsp3) is 0.543. The summed E-state index contributed by atoms with van der Waals surface area (Å²) in [4.78, 5) is 7.33. The maximum Gasteiger partial charge on any atom is 0.257 e. The van der Waals surface area contributed by atoms with E-state index in [9.17, 15) is 8.78 Å². The van der Waals surface area contributed by atoms with Crippen molar-refractivity contribution in [1.29, 1.82) is 0 Å². The Balaban J connectivity index is 0.00000198. The summed E-state index contributed by atoms with van der Waals surface area (Å²) in [5.41, 5.74) is 4.81. The molecule has 5 rings (SSSR count). The van der Waals surface area contributed by atoms with Gasteiger partial charge in [-0.05, 0) is 91.6 Å². The molecule has 0 bridgehead atoms. The van der Waals surface area contributed by atoms with Crippen LogP contribution in [0.2, 0.25) is 0 Å². The van der Waals surface area contributed by atoms with Crippen molar-refractivity contribution in [3.05, 3.63) is 76.5 Å². The molecule has 0 aliphatic carbocycles. The fourth-order valence-electron chi connectivity index (χ4n) is 6.64. The molecule has 42 heavy (non-hydrogen) atoms. The zero-order valence-electron chi connectivity index (χ0n) is 25.9. The maximum absolute atomic E-state index is 15.9. The minimum atomic E-state index is -3.01. The Hall–Kier alpha value is -2.64. The van der Waals surface area contributed by atoms with Gasteiger partial charge >= 0.3 is 0 Å². The van der Waals surface area contributed by atoms with Gasteiger partial charge < -0.3 is 9.88 Å². The third kappa shape index (κ3) is 7.11. The number of hydrogen-bond donors (Lipinski definition) is 1. The minimum Gasteiger partial charge on any atom is -0.357 e. The molecule has 7 heteroatoms. The van der Waals surface area contributed by atoms with E-state index >= 15 is 8.78 Å². The van der Waals surface area contributed by atoms with E-state index in [0.29, 0.717) is 30.0 Å². The Kier molecular flexibility index (Phi) is 10.6. The van der Waals surface area contributed by atoms with Crippen molar-refractivity contribution in [3.8, 4) is 0 Å². The third-order valence-electron chi connectivity index (χ3n) is 8.68. The van der Waals surface area contributed by atoms with Crippen LogP contribution in [0.5, 0.6) is 0 Å². The second kappa shape index (κ2) is 13.8. The van der Waals surface area contributed by atoms with Crippen molar-refractivity contribution in [2.75, 3.05) is 32.7 Å². The Morgan fingerprint density at radius 2 is 1.79 bits per heavy atom. The highest BCUT2D eigenvalue weighted by atomic mass is 19.3. The lowest BCUT2D eigenvalue weighted by Crippen LogP contribution is -2.43. The molecule has 230 valence electrons. The van der Waals surface area contributed by atoms with Gasteiger partial charge in [-0.15, -0.1) is 0 Å². The zero-order chi connectivity index (χ0) is 30.6. The molecule has 3 nitrogen and oxygen atoms in total. The molecule has 2 aliphatic heterocycles. The predicted molar refractivity (Wildman–Crippen MR) is 166 cm³/mol. The lowest BCUT2D eigenvalue weighted by molar-refractivity contribution is -0.0248. The number of halogens is 4. The van der Waals surface area contributed by atoms with Crippen molar-refractivity contribution in [1.82, 2.24) is 14.8 Å². The molecule has 3 aromatic rings. The Labute approximate surface area is 249 Å². The lowest BCUT2D eigenvalue weighted by atomic mass is 9.89. The number of fused-ring (bicyclic) bond motifs is 3. The third-order valence-corrected chi connectivity index (χ3v) is 8.68. The summed E-state index contributed by atoms with van der Waals surface area (Å²) in [7, 11) is 0. The molecular formula is C35H47F4N3. The van der Waals surface area contributed by atoms with E-state index < -0.39 is 30.1 Å². The fourth-order valence-corrected chi connectivity index (χ4v) is 6.64. The standard InChI is InChI=1S/C33H41F4N3.C2H6/c1-5-7-12-39-13-10-22(19-39)15-23-16-27(34)30(28(35)17-23)32-31-26(11-14-40(32)20-33(4,36)37)25-9-8-24(21(3)6-2)18-29(25)38-31;1-2/h8-9,16-18,22,32,38H,3,5-7,10-15,19-20H2,1-2,4H3;1-2H3. The van der Waals surface area contributed by atoms with Crippen molar-refractivity contribution < 1.29 is 17.6 Å². The van der Waals surface area contributed by atoms with Gasteiger partial charge in [0.1, 0.15) is 11.6 Å². The van der Waals surface area contributed by atoms with Crippen LogP contribution >= 0.6 is 0 Å². The first kappa shape index (κ1) is 32.3. The highest BCUT2D eigenvalue weighted by Gasteiger charge is 2.39. The van der Waals surface area contributed by atoms with Crippen LogP contribution in [0.25, 0.3) is 16.5 Å². The van der Waals surface area contributed by atoms with Crippen molar-refractivity contribution in [3.63, 3.8) is 0 Å². The summed E-state index contributed by atoms with van der Waals surface area (Å²) >= 11 is 0. The molecule has 1 fully saturated rings. The van der Waals surface area contributed by atoms with Crippen LogP contribution in [0.15, 0.2) is 36.9 Å². The van der Waals surface area contributed by atoms with Crippen LogP contribution in [0.3, 0.4) is 0 Å². The van der Waals surface area contributed by atoms with Gasteiger partial charge in [0, 0.05) is 42.2 Å². The van der Waals surface area contributed by atoms with Crippen LogP contribution in [-0.2, 0) is 12.8 Å². The second-order valence-electron chi connectivity index (χ2n) is 11.9. The van der Waals surface area contributed by atoms with Crippen LogP contribution in [0.4, 0.5) is 17.6 Å². The molecule has 2 aromatic carbocycles. The van der Waals surface area contributed by atoms with Gasteiger partial charge in [-0.3, -0.25) is 4.90 Å². The van der Waals surface area contributed by atoms with E-state index in [0.717, 1.165) is 79.8 Å². The minimum absolute atomic E-state index is 0.158. The van der Waals surface area contributed by atoms with Gasteiger partial charge in [0.15, 0.2) is 0 Å². The molecule has 0 saturated carbocycles. The van der Waals surface area contributed by atoms with Crippen molar-refractivity contribution >= 4 is 16.5 Å². The number of benzene rings is 2. The summed E-state index contributed by atoms with van der Waals surface area (Å²) < 4.78 is 60.4. The van der Waals surface area contributed by atoms with Crippen LogP contribution < -0.4 is 0 Å². The predicted octanol–water partition coefficient (Wildman–Crippen LogP) is 9.16. The summed E-state index contributed by atoms with van der Waals surface area (Å²) in [6.45, 7) is 15.9. The molecule has 0 amide bonds. The number of aromatic nitrogens is 1. The summed E-state index contributed by atoms with van der Waals surface area (Å²) in [6, 6.07) is 7.89. The smallest absolute Gasteiger partial charge is 0.257 e. The average Bonchev–Trinajstić information content (AvgIpc) is 3.55. The number of allylic oxidation sites excluding steroid dienone is 1. The first-order valence-electron chi connectivity index (χ1n) is 15.7. The van der Waals surface area contributed by atoms with Crippen LogP contribution in [0, 0.1) is 17.6 Å². The number of likely N-dealkylation sites (tertiary alicyclic amines) is 1.